The number of hydrogen-bond acceptors (Lipinski definition) is 7. The van der Waals surface area contributed by atoms with Crippen LogP contribution in [-0.4, -0.2) is 54.5 Å². The molecule has 5 N–H and O–H groups in total. The van der Waals surface area contributed by atoms with Crippen LogP contribution in [-0.2, 0) is 13.4 Å². The Kier molecular flexibility index (Phi) is 11.4. The summed E-state index contributed by atoms with van der Waals surface area (Å²) in [7, 11) is -10.1. The van der Waals surface area contributed by atoms with E-state index in [-0.39, 0.29) is 0 Å². The third-order valence-electron chi connectivity index (χ3n) is 4.04. The lowest BCUT2D eigenvalue weighted by Crippen LogP contribution is -2.25. The summed E-state index contributed by atoms with van der Waals surface area (Å²) in [6.07, 6.45) is 2.39. The second kappa shape index (κ2) is 12.5. The number of nitrogens with zero attached hydrogens (tertiary/aromatic N) is 2. The van der Waals surface area contributed by atoms with Gasteiger partial charge in [-0.05, 0) is 69.1 Å². The molecule has 1 heterocycles. The molecule has 0 fully saturated rings. The summed E-state index contributed by atoms with van der Waals surface area (Å²) in [6.45, 7) is 10.1. The third-order valence-corrected chi connectivity index (χ3v) is 6.78. The van der Waals surface area contributed by atoms with E-state index in [1.54, 1.807) is 0 Å². The van der Waals surface area contributed by atoms with Gasteiger partial charge in [-0.15, -0.1) is 0 Å². The normalized spacial score (nSPS) is 13.2. The third kappa shape index (κ3) is 11.2. The smallest absolute Gasteiger partial charge is 0.373 e. The van der Waals surface area contributed by atoms with Crippen molar-refractivity contribution in [3.63, 3.8) is 0 Å². The highest BCUT2D eigenvalue weighted by atomic mass is 35.5. The van der Waals surface area contributed by atoms with E-state index < -0.39 is 15.6 Å². The molecule has 1 atom stereocenters. The zero-order chi connectivity index (χ0) is 22.9. The molecule has 1 aromatic carbocycles. The topological polar surface area (TPSA) is 152 Å². The molecule has 172 valence electrons. The van der Waals surface area contributed by atoms with E-state index in [1.165, 1.54) is 36.3 Å². The first-order valence-corrected chi connectivity index (χ1v) is 13.4. The van der Waals surface area contributed by atoms with Crippen LogP contribution in [0.3, 0.4) is 0 Å². The number of rotatable bonds is 10. The Hall–Kier alpha value is -0.580. The first kappa shape index (κ1) is 27.5. The molecule has 2 aromatic rings. The van der Waals surface area contributed by atoms with E-state index in [9.17, 15) is 9.13 Å². The molecular weight excluding hydrogens is 476 g/mol. The van der Waals surface area contributed by atoms with Gasteiger partial charge in [0.05, 0.1) is 5.52 Å². The fraction of sp³-hybridized carbons (Fsp3) is 0.562. The van der Waals surface area contributed by atoms with Crippen molar-refractivity contribution in [3.05, 3.63) is 23.2 Å². The van der Waals surface area contributed by atoms with Gasteiger partial charge >= 0.3 is 15.6 Å². The fourth-order valence-electron chi connectivity index (χ4n) is 2.62. The molecule has 0 saturated carbocycles. The number of hydrogen-bond donors (Lipinski definition) is 5. The van der Waals surface area contributed by atoms with Crippen LogP contribution >= 0.6 is 38.8 Å². The number of anilines is 1. The standard InChI is InChI=1S/C16H24ClN3S.H4O7P2/c1-4-20(5-2)10-6-7-12(3)18-16-14-9-8-13(17)11-15(14)19-21-16;1-8(2,3)7-9(4,5)6/h8-9,11-12,18H,4-7,10H2,1-3H3;(H2,1,2,3)(H2,4,5,6). The first-order chi connectivity index (χ1) is 13.8. The number of aromatic nitrogens is 1. The highest BCUT2D eigenvalue weighted by Gasteiger charge is 2.27. The Balaban J connectivity index is 0.000000424. The molecule has 10 nitrogen and oxygen atoms in total. The van der Waals surface area contributed by atoms with Crippen LogP contribution in [0.15, 0.2) is 18.2 Å². The van der Waals surface area contributed by atoms with Gasteiger partial charge < -0.3 is 29.8 Å². The van der Waals surface area contributed by atoms with Crippen LogP contribution in [0.2, 0.25) is 5.02 Å². The molecule has 0 aliphatic rings. The quantitative estimate of drug-likeness (QED) is 0.300. The minimum Gasteiger partial charge on any atom is -0.373 e. The summed E-state index contributed by atoms with van der Waals surface area (Å²) in [5.41, 5.74) is 0.977. The highest BCUT2D eigenvalue weighted by Crippen LogP contribution is 2.53. The second-order valence-electron chi connectivity index (χ2n) is 6.45. The molecule has 30 heavy (non-hydrogen) atoms. The van der Waals surface area contributed by atoms with Crippen molar-refractivity contribution in [3.8, 4) is 0 Å². The molecule has 14 heteroatoms. The Morgan fingerprint density at radius 3 is 2.30 bits per heavy atom. The zero-order valence-corrected chi connectivity index (χ0v) is 20.3. The lowest BCUT2D eigenvalue weighted by atomic mass is 10.1. The Morgan fingerprint density at radius 2 is 1.80 bits per heavy atom. The van der Waals surface area contributed by atoms with Gasteiger partial charge in [0.2, 0.25) is 0 Å². The predicted octanol–water partition coefficient (Wildman–Crippen LogP) is 4.06. The van der Waals surface area contributed by atoms with Gasteiger partial charge in [-0.3, -0.25) is 0 Å². The Morgan fingerprint density at radius 1 is 1.20 bits per heavy atom. The molecule has 0 bridgehead atoms. The van der Waals surface area contributed by atoms with E-state index in [4.69, 9.17) is 31.2 Å². The monoisotopic (exact) mass is 503 g/mol. The fourth-order valence-corrected chi connectivity index (χ4v) is 4.76. The van der Waals surface area contributed by atoms with E-state index in [1.807, 2.05) is 18.2 Å². The summed E-state index contributed by atoms with van der Waals surface area (Å²) in [5, 5.41) is 6.65. The predicted molar refractivity (Wildman–Crippen MR) is 120 cm³/mol. The zero-order valence-electron chi connectivity index (χ0n) is 16.9. The largest absolute Gasteiger partial charge is 0.478 e. The minimum atomic E-state index is -5.05. The molecule has 0 radical (unpaired) electrons. The molecule has 0 amide bonds. The summed E-state index contributed by atoms with van der Waals surface area (Å²) in [6, 6.07) is 6.35. The highest BCUT2D eigenvalue weighted by molar-refractivity contribution is 7.60. The van der Waals surface area contributed by atoms with Gasteiger partial charge in [-0.1, -0.05) is 25.4 Å². The van der Waals surface area contributed by atoms with E-state index in [2.05, 4.69) is 39.7 Å². The molecule has 0 aliphatic heterocycles. The van der Waals surface area contributed by atoms with Gasteiger partial charge in [0.1, 0.15) is 5.00 Å². The van der Waals surface area contributed by atoms with Crippen molar-refractivity contribution in [2.24, 2.45) is 0 Å². The molecule has 1 unspecified atom stereocenters. The number of benzene rings is 1. The van der Waals surface area contributed by atoms with Gasteiger partial charge in [-0.2, -0.15) is 8.68 Å². The van der Waals surface area contributed by atoms with Gasteiger partial charge in [0.15, 0.2) is 0 Å². The molecule has 2 rings (SSSR count). The number of fused-ring (bicyclic) bond motifs is 1. The summed E-state index contributed by atoms with van der Waals surface area (Å²) in [5.74, 6) is 0. The molecule has 0 saturated heterocycles. The average molecular weight is 504 g/mol. The van der Waals surface area contributed by atoms with E-state index in [0.29, 0.717) is 6.04 Å². The second-order valence-corrected chi connectivity index (χ2v) is 10.3. The Labute approximate surface area is 184 Å². The molecular formula is C16H28ClN3O7P2S. The number of nitrogens with one attached hydrogen (secondary N) is 1. The number of halogens is 1. The van der Waals surface area contributed by atoms with Crippen LogP contribution in [0.4, 0.5) is 5.00 Å². The van der Waals surface area contributed by atoms with E-state index >= 15 is 0 Å². The minimum absolute atomic E-state index is 0.458. The van der Waals surface area contributed by atoms with Crippen molar-refractivity contribution in [1.82, 2.24) is 9.27 Å². The SMILES string of the molecule is CCN(CC)CCCC(C)Nc1snc2cc(Cl)ccc12.O=P(O)(O)OP(=O)(O)O. The summed E-state index contributed by atoms with van der Waals surface area (Å²) < 4.78 is 26.7. The lowest BCUT2D eigenvalue weighted by molar-refractivity contribution is 0.225. The lowest BCUT2D eigenvalue weighted by Gasteiger charge is -2.19. The molecule has 0 spiro atoms. The maximum atomic E-state index is 9.63. The number of phosphoric acid groups is 2. The Bertz CT molecular complexity index is 865. The van der Waals surface area contributed by atoms with Crippen molar-refractivity contribution in [2.75, 3.05) is 25.0 Å². The van der Waals surface area contributed by atoms with Gasteiger partial charge in [-0.25, -0.2) is 9.13 Å². The maximum absolute atomic E-state index is 9.63. The van der Waals surface area contributed by atoms with Gasteiger partial charge in [0.25, 0.3) is 0 Å². The average Bonchev–Trinajstić information content (AvgIpc) is 2.98. The van der Waals surface area contributed by atoms with Gasteiger partial charge in [0, 0.05) is 16.5 Å². The van der Waals surface area contributed by atoms with Crippen molar-refractivity contribution >= 4 is 54.7 Å². The first-order valence-electron chi connectivity index (χ1n) is 9.20. The molecule has 1 aromatic heterocycles. The maximum Gasteiger partial charge on any atom is 0.478 e. The van der Waals surface area contributed by atoms with E-state index in [0.717, 1.165) is 28.6 Å². The van der Waals surface area contributed by atoms with Crippen LogP contribution in [0.25, 0.3) is 10.9 Å². The van der Waals surface area contributed by atoms with Crippen LogP contribution in [0.5, 0.6) is 0 Å². The molecule has 0 aliphatic carbocycles. The summed E-state index contributed by atoms with van der Waals surface area (Å²) in [4.78, 5) is 33.5. The van der Waals surface area contributed by atoms with Crippen LogP contribution in [0, 0.1) is 0 Å². The van der Waals surface area contributed by atoms with Crippen molar-refractivity contribution in [2.45, 2.75) is 39.7 Å². The summed E-state index contributed by atoms with van der Waals surface area (Å²) >= 11 is 7.52. The van der Waals surface area contributed by atoms with Crippen molar-refractivity contribution < 1.29 is 33.0 Å². The van der Waals surface area contributed by atoms with Crippen LogP contribution in [0.1, 0.15) is 33.6 Å². The van der Waals surface area contributed by atoms with Crippen molar-refractivity contribution in [1.29, 1.82) is 0 Å². The van der Waals surface area contributed by atoms with Crippen LogP contribution < -0.4 is 5.32 Å².